The predicted octanol–water partition coefficient (Wildman–Crippen LogP) is 2.75. The third-order valence-corrected chi connectivity index (χ3v) is 2.34. The number of aromatic nitrogens is 3. The van der Waals surface area contributed by atoms with E-state index in [1.165, 1.54) is 5.56 Å². The highest BCUT2D eigenvalue weighted by atomic mass is 35.5. The molecule has 0 spiro atoms. The van der Waals surface area contributed by atoms with Crippen LogP contribution in [0.4, 0.5) is 0 Å². The van der Waals surface area contributed by atoms with E-state index < -0.39 is 0 Å². The Labute approximate surface area is 93.2 Å². The fourth-order valence-corrected chi connectivity index (χ4v) is 1.39. The second-order valence-corrected chi connectivity index (χ2v) is 3.48. The zero-order valence-electron chi connectivity index (χ0n) is 8.31. The molecule has 0 saturated carbocycles. The van der Waals surface area contributed by atoms with Gasteiger partial charge in [0, 0.05) is 24.2 Å². The van der Waals surface area contributed by atoms with Crippen molar-refractivity contribution < 1.29 is 0 Å². The Morgan fingerprint density at radius 1 is 1.20 bits per heavy atom. The van der Waals surface area contributed by atoms with Gasteiger partial charge < -0.3 is 0 Å². The standard InChI is InChI=1S/C11H10ClN3/c1-2-8-3-4-13-10(5-8)9-6-14-11(12)15-7-9/h3-7H,2H2,1H3. The van der Waals surface area contributed by atoms with Gasteiger partial charge in [0.2, 0.25) is 5.28 Å². The van der Waals surface area contributed by atoms with Crippen LogP contribution in [0.15, 0.2) is 30.7 Å². The van der Waals surface area contributed by atoms with Crippen LogP contribution in [0.1, 0.15) is 12.5 Å². The summed E-state index contributed by atoms with van der Waals surface area (Å²) in [5.74, 6) is 0. The molecule has 2 heterocycles. The third-order valence-electron chi connectivity index (χ3n) is 2.15. The maximum Gasteiger partial charge on any atom is 0.222 e. The van der Waals surface area contributed by atoms with Crippen LogP contribution in [0, 0.1) is 0 Å². The molecule has 3 nitrogen and oxygen atoms in total. The monoisotopic (exact) mass is 219 g/mol. The average Bonchev–Trinajstić information content (AvgIpc) is 2.30. The van der Waals surface area contributed by atoms with Crippen molar-refractivity contribution in [2.75, 3.05) is 0 Å². The summed E-state index contributed by atoms with van der Waals surface area (Å²) >= 11 is 5.62. The number of halogens is 1. The van der Waals surface area contributed by atoms with E-state index >= 15 is 0 Å². The summed E-state index contributed by atoms with van der Waals surface area (Å²) in [6.07, 6.45) is 6.14. The van der Waals surface area contributed by atoms with Crippen molar-refractivity contribution in [1.29, 1.82) is 0 Å². The Kier molecular flexibility index (Phi) is 2.92. The smallest absolute Gasteiger partial charge is 0.222 e. The first-order valence-electron chi connectivity index (χ1n) is 4.72. The molecule has 0 unspecified atom stereocenters. The summed E-state index contributed by atoms with van der Waals surface area (Å²) in [7, 11) is 0. The summed E-state index contributed by atoms with van der Waals surface area (Å²) in [5.41, 5.74) is 3.01. The topological polar surface area (TPSA) is 38.7 Å². The van der Waals surface area contributed by atoms with Gasteiger partial charge >= 0.3 is 0 Å². The van der Waals surface area contributed by atoms with Crippen LogP contribution in [-0.2, 0) is 6.42 Å². The van der Waals surface area contributed by atoms with Gasteiger partial charge in [0.15, 0.2) is 0 Å². The van der Waals surface area contributed by atoms with Crippen LogP contribution in [0.2, 0.25) is 5.28 Å². The number of hydrogen-bond donors (Lipinski definition) is 0. The molecular formula is C11H10ClN3. The van der Waals surface area contributed by atoms with E-state index in [1.54, 1.807) is 18.6 Å². The molecule has 76 valence electrons. The zero-order chi connectivity index (χ0) is 10.7. The number of pyridine rings is 1. The van der Waals surface area contributed by atoms with Gasteiger partial charge in [0.25, 0.3) is 0 Å². The Hall–Kier alpha value is -1.48. The van der Waals surface area contributed by atoms with Crippen LogP contribution >= 0.6 is 11.6 Å². The quantitative estimate of drug-likeness (QED) is 0.729. The molecule has 0 aliphatic carbocycles. The lowest BCUT2D eigenvalue weighted by Gasteiger charge is -2.01. The van der Waals surface area contributed by atoms with E-state index in [4.69, 9.17) is 11.6 Å². The molecule has 0 aliphatic heterocycles. The van der Waals surface area contributed by atoms with Crippen LogP contribution in [0.3, 0.4) is 0 Å². The van der Waals surface area contributed by atoms with Gasteiger partial charge in [-0.15, -0.1) is 0 Å². The third kappa shape index (κ3) is 2.30. The Balaban J connectivity index is 2.40. The highest BCUT2D eigenvalue weighted by Crippen LogP contribution is 2.16. The molecule has 0 amide bonds. The van der Waals surface area contributed by atoms with Crippen molar-refractivity contribution in [3.63, 3.8) is 0 Å². The summed E-state index contributed by atoms with van der Waals surface area (Å²) in [4.78, 5) is 12.1. The molecule has 4 heteroatoms. The van der Waals surface area contributed by atoms with E-state index in [-0.39, 0.29) is 5.28 Å². The highest BCUT2D eigenvalue weighted by molar-refractivity contribution is 6.28. The molecule has 0 radical (unpaired) electrons. The summed E-state index contributed by atoms with van der Waals surface area (Å²) in [6, 6.07) is 4.03. The molecule has 2 aromatic heterocycles. The van der Waals surface area contributed by atoms with Gasteiger partial charge in [-0.2, -0.15) is 0 Å². The molecule has 0 aromatic carbocycles. The van der Waals surface area contributed by atoms with Crippen LogP contribution < -0.4 is 0 Å². The first-order chi connectivity index (χ1) is 7.29. The molecule has 0 fully saturated rings. The van der Waals surface area contributed by atoms with Crippen molar-refractivity contribution in [2.24, 2.45) is 0 Å². The van der Waals surface area contributed by atoms with Crippen molar-refractivity contribution in [2.45, 2.75) is 13.3 Å². The lowest BCUT2D eigenvalue weighted by Crippen LogP contribution is -1.89. The SMILES string of the molecule is CCc1ccnc(-c2cnc(Cl)nc2)c1. The van der Waals surface area contributed by atoms with Crippen LogP contribution in [-0.4, -0.2) is 15.0 Å². The Bertz CT molecular complexity index is 454. The highest BCUT2D eigenvalue weighted by Gasteiger charge is 2.01. The molecule has 0 atom stereocenters. The summed E-state index contributed by atoms with van der Waals surface area (Å²) in [5, 5.41) is 0.255. The number of aryl methyl sites for hydroxylation is 1. The molecule has 2 aromatic rings. The number of hydrogen-bond acceptors (Lipinski definition) is 3. The lowest BCUT2D eigenvalue weighted by molar-refractivity contribution is 1.11. The van der Waals surface area contributed by atoms with E-state index in [0.29, 0.717) is 0 Å². The van der Waals surface area contributed by atoms with Crippen molar-refractivity contribution in [3.05, 3.63) is 41.6 Å². The average molecular weight is 220 g/mol. The molecule has 0 aliphatic rings. The minimum absolute atomic E-state index is 0.255. The van der Waals surface area contributed by atoms with Gasteiger partial charge in [0.1, 0.15) is 0 Å². The van der Waals surface area contributed by atoms with Gasteiger partial charge in [-0.3, -0.25) is 4.98 Å². The molecule has 0 saturated heterocycles. The Morgan fingerprint density at radius 3 is 2.60 bits per heavy atom. The van der Waals surface area contributed by atoms with Gasteiger partial charge in [-0.1, -0.05) is 6.92 Å². The van der Waals surface area contributed by atoms with E-state index in [2.05, 4.69) is 21.9 Å². The first-order valence-corrected chi connectivity index (χ1v) is 5.10. The number of rotatable bonds is 2. The van der Waals surface area contributed by atoms with Crippen molar-refractivity contribution >= 4 is 11.6 Å². The van der Waals surface area contributed by atoms with Gasteiger partial charge in [0.05, 0.1) is 5.69 Å². The summed E-state index contributed by atoms with van der Waals surface area (Å²) in [6.45, 7) is 2.11. The fraction of sp³-hybridized carbons (Fsp3) is 0.182. The molecular weight excluding hydrogens is 210 g/mol. The van der Waals surface area contributed by atoms with Crippen LogP contribution in [0.25, 0.3) is 11.3 Å². The molecule has 15 heavy (non-hydrogen) atoms. The second kappa shape index (κ2) is 4.36. The van der Waals surface area contributed by atoms with Crippen molar-refractivity contribution in [3.8, 4) is 11.3 Å². The van der Waals surface area contributed by atoms with Crippen molar-refractivity contribution in [1.82, 2.24) is 15.0 Å². The zero-order valence-corrected chi connectivity index (χ0v) is 9.07. The lowest BCUT2D eigenvalue weighted by atomic mass is 10.1. The Morgan fingerprint density at radius 2 is 1.93 bits per heavy atom. The first kappa shape index (κ1) is 10.1. The minimum atomic E-state index is 0.255. The fourth-order valence-electron chi connectivity index (χ4n) is 1.30. The largest absolute Gasteiger partial charge is 0.256 e. The maximum atomic E-state index is 5.62. The second-order valence-electron chi connectivity index (χ2n) is 3.14. The maximum absolute atomic E-state index is 5.62. The minimum Gasteiger partial charge on any atom is -0.256 e. The number of nitrogens with zero attached hydrogens (tertiary/aromatic N) is 3. The molecule has 0 bridgehead atoms. The molecule has 0 N–H and O–H groups in total. The van der Waals surface area contributed by atoms with E-state index in [0.717, 1.165) is 17.7 Å². The van der Waals surface area contributed by atoms with Crippen LogP contribution in [0.5, 0.6) is 0 Å². The van der Waals surface area contributed by atoms with Gasteiger partial charge in [-0.25, -0.2) is 9.97 Å². The van der Waals surface area contributed by atoms with E-state index in [9.17, 15) is 0 Å². The summed E-state index contributed by atoms with van der Waals surface area (Å²) < 4.78 is 0. The predicted molar refractivity (Wildman–Crippen MR) is 59.7 cm³/mol. The normalized spacial score (nSPS) is 10.3. The van der Waals surface area contributed by atoms with E-state index in [1.807, 2.05) is 12.1 Å². The molecule has 2 rings (SSSR count). The van der Waals surface area contributed by atoms with Gasteiger partial charge in [-0.05, 0) is 35.7 Å².